The Morgan fingerprint density at radius 1 is 1.16 bits per heavy atom. The first-order valence-corrected chi connectivity index (χ1v) is 9.36. The van der Waals surface area contributed by atoms with Crippen LogP contribution in [-0.2, 0) is 14.3 Å². The van der Waals surface area contributed by atoms with Gasteiger partial charge in [-0.15, -0.1) is 0 Å². The molecule has 1 rings (SSSR count). The number of esters is 1. The summed E-state index contributed by atoms with van der Waals surface area (Å²) < 4.78 is 4.60. The lowest BCUT2D eigenvalue weighted by molar-refractivity contribution is -0.140. The van der Waals surface area contributed by atoms with Gasteiger partial charge in [-0.05, 0) is 18.3 Å². The molecule has 1 fully saturated rings. The number of aliphatic hydroxyl groups is 1. The molecule has 0 bridgehead atoms. The molecule has 0 spiro atoms. The number of rotatable bonds is 9. The number of carbonyl (C=O) groups is 2. The van der Waals surface area contributed by atoms with Crippen molar-refractivity contribution in [3.63, 3.8) is 0 Å². The van der Waals surface area contributed by atoms with Crippen molar-refractivity contribution in [1.29, 1.82) is 0 Å². The molecule has 5 nitrogen and oxygen atoms in total. The highest BCUT2D eigenvalue weighted by atomic mass is 16.5. The van der Waals surface area contributed by atoms with Gasteiger partial charge in [0.1, 0.15) is 5.76 Å². The zero-order valence-corrected chi connectivity index (χ0v) is 16.2. The Balaban J connectivity index is 2.85. The number of aliphatic hydroxyl groups excluding tert-OH is 1. The predicted octanol–water partition coefficient (Wildman–Crippen LogP) is 4.55. The molecule has 1 aliphatic carbocycles. The summed E-state index contributed by atoms with van der Waals surface area (Å²) >= 11 is 0. The van der Waals surface area contributed by atoms with Gasteiger partial charge in [0.15, 0.2) is 5.78 Å². The highest BCUT2D eigenvalue weighted by molar-refractivity contribution is 6.24. The van der Waals surface area contributed by atoms with Gasteiger partial charge in [0.2, 0.25) is 0 Å². The van der Waals surface area contributed by atoms with Gasteiger partial charge in [0, 0.05) is 25.1 Å². The minimum absolute atomic E-state index is 0.0318. The second-order valence-electron chi connectivity index (χ2n) is 7.58. The van der Waals surface area contributed by atoms with Crippen LogP contribution in [0.25, 0.3) is 0 Å². The standard InChI is InChI=1S/C20H33NO4/c1-5-6-7-8-9-12-21-15-13-20(2,3)14-17(23)19(15)16(22)10-11-18(24)25-4/h22H,5-14H2,1-4H3. The molecule has 0 aromatic heterocycles. The Morgan fingerprint density at radius 3 is 2.48 bits per heavy atom. The molecule has 0 aromatic rings. The monoisotopic (exact) mass is 351 g/mol. The fraction of sp³-hybridized carbons (Fsp3) is 0.750. The molecule has 5 heteroatoms. The number of allylic oxidation sites excluding steroid dienone is 2. The zero-order chi connectivity index (χ0) is 18.9. The van der Waals surface area contributed by atoms with Gasteiger partial charge in [-0.1, -0.05) is 46.5 Å². The predicted molar refractivity (Wildman–Crippen MR) is 100.0 cm³/mol. The van der Waals surface area contributed by atoms with Crippen molar-refractivity contribution in [2.24, 2.45) is 10.4 Å². The zero-order valence-electron chi connectivity index (χ0n) is 16.2. The van der Waals surface area contributed by atoms with Crippen molar-refractivity contribution >= 4 is 17.5 Å². The SMILES string of the molecule is CCCCCCCN=C1CC(C)(C)CC(=O)C1=C(O)CCC(=O)OC. The van der Waals surface area contributed by atoms with Crippen molar-refractivity contribution < 1.29 is 19.4 Å². The van der Waals surface area contributed by atoms with Gasteiger partial charge in [0.05, 0.1) is 19.1 Å². The first kappa shape index (κ1) is 21.4. The van der Waals surface area contributed by atoms with Gasteiger partial charge in [-0.25, -0.2) is 0 Å². The molecule has 25 heavy (non-hydrogen) atoms. The third kappa shape index (κ3) is 7.41. The number of carbonyl (C=O) groups excluding carboxylic acids is 2. The minimum atomic E-state index is -0.398. The molecule has 1 N–H and O–H groups in total. The van der Waals surface area contributed by atoms with Gasteiger partial charge < -0.3 is 9.84 Å². The number of ketones is 1. The molecule has 0 unspecified atom stereocenters. The van der Waals surface area contributed by atoms with Crippen LogP contribution in [0.3, 0.4) is 0 Å². The summed E-state index contributed by atoms with van der Waals surface area (Å²) in [5, 5.41) is 10.4. The average molecular weight is 351 g/mol. The van der Waals surface area contributed by atoms with E-state index in [2.05, 4.69) is 16.7 Å². The molecule has 1 saturated carbocycles. The third-order valence-corrected chi connectivity index (χ3v) is 4.50. The first-order chi connectivity index (χ1) is 11.8. The number of hydrogen-bond acceptors (Lipinski definition) is 5. The van der Waals surface area contributed by atoms with Crippen LogP contribution in [0.2, 0.25) is 0 Å². The lowest BCUT2D eigenvalue weighted by atomic mass is 9.73. The molecule has 0 amide bonds. The van der Waals surface area contributed by atoms with Crippen molar-refractivity contribution in [3.8, 4) is 0 Å². The maximum Gasteiger partial charge on any atom is 0.305 e. The molecule has 142 valence electrons. The molecular weight excluding hydrogens is 318 g/mol. The second-order valence-corrected chi connectivity index (χ2v) is 7.58. The number of unbranched alkanes of at least 4 members (excludes halogenated alkanes) is 4. The van der Waals surface area contributed by atoms with Gasteiger partial charge in [-0.3, -0.25) is 14.6 Å². The number of nitrogens with zero attached hydrogens (tertiary/aromatic N) is 1. The Kier molecular flexibility index (Phi) is 8.87. The number of hydrogen-bond donors (Lipinski definition) is 1. The largest absolute Gasteiger partial charge is 0.511 e. The van der Waals surface area contributed by atoms with Crippen molar-refractivity contribution in [2.75, 3.05) is 13.7 Å². The number of methoxy groups -OCH3 is 1. The number of ether oxygens (including phenoxy) is 1. The third-order valence-electron chi connectivity index (χ3n) is 4.50. The van der Waals surface area contributed by atoms with E-state index in [0.29, 0.717) is 30.7 Å². The van der Waals surface area contributed by atoms with Crippen LogP contribution < -0.4 is 0 Å². The van der Waals surface area contributed by atoms with Crippen molar-refractivity contribution in [3.05, 3.63) is 11.3 Å². The van der Waals surface area contributed by atoms with Crippen LogP contribution in [0.1, 0.15) is 78.6 Å². The summed E-state index contributed by atoms with van der Waals surface area (Å²) in [6, 6.07) is 0. The molecule has 0 heterocycles. The summed E-state index contributed by atoms with van der Waals surface area (Å²) in [5.74, 6) is -0.510. The van der Waals surface area contributed by atoms with E-state index < -0.39 is 5.97 Å². The highest BCUT2D eigenvalue weighted by Crippen LogP contribution is 2.35. The molecular formula is C20H33NO4. The quantitative estimate of drug-likeness (QED) is 0.286. The molecule has 0 aliphatic heterocycles. The van der Waals surface area contributed by atoms with Crippen molar-refractivity contribution in [2.45, 2.75) is 78.6 Å². The van der Waals surface area contributed by atoms with Crippen LogP contribution >= 0.6 is 0 Å². The van der Waals surface area contributed by atoms with E-state index in [4.69, 9.17) is 0 Å². The summed E-state index contributed by atoms with van der Waals surface area (Å²) in [7, 11) is 1.31. The summed E-state index contributed by atoms with van der Waals surface area (Å²) in [5.41, 5.74) is 0.875. The molecule has 0 radical (unpaired) electrons. The van der Waals surface area contributed by atoms with E-state index >= 15 is 0 Å². The highest BCUT2D eigenvalue weighted by Gasteiger charge is 2.36. The molecule has 1 aliphatic rings. The maximum atomic E-state index is 12.5. The van der Waals surface area contributed by atoms with Crippen LogP contribution in [0.5, 0.6) is 0 Å². The van der Waals surface area contributed by atoms with Gasteiger partial charge >= 0.3 is 5.97 Å². The number of aliphatic imine (C=N–C) groups is 1. The Morgan fingerprint density at radius 2 is 1.84 bits per heavy atom. The topological polar surface area (TPSA) is 76.0 Å². The Labute approximate surface area is 151 Å². The maximum absolute atomic E-state index is 12.5. The van der Waals surface area contributed by atoms with E-state index in [1.807, 2.05) is 13.8 Å². The lowest BCUT2D eigenvalue weighted by Gasteiger charge is -2.31. The Bertz CT molecular complexity index is 532. The van der Waals surface area contributed by atoms with Crippen LogP contribution in [-0.4, -0.2) is 36.2 Å². The van der Waals surface area contributed by atoms with Gasteiger partial charge in [0.25, 0.3) is 0 Å². The molecule has 0 saturated heterocycles. The van der Waals surface area contributed by atoms with E-state index in [9.17, 15) is 14.7 Å². The Hall–Kier alpha value is -1.65. The number of Topliss-reactive ketones (excluding diaryl/α,β-unsaturated/α-hetero) is 1. The average Bonchev–Trinajstić information content (AvgIpc) is 2.54. The van der Waals surface area contributed by atoms with Crippen LogP contribution in [0.4, 0.5) is 0 Å². The lowest BCUT2D eigenvalue weighted by Crippen LogP contribution is -2.33. The van der Waals surface area contributed by atoms with Gasteiger partial charge in [-0.2, -0.15) is 0 Å². The van der Waals surface area contributed by atoms with E-state index in [-0.39, 0.29) is 29.8 Å². The van der Waals surface area contributed by atoms with Crippen LogP contribution in [0.15, 0.2) is 16.3 Å². The summed E-state index contributed by atoms with van der Waals surface area (Å²) in [6.07, 6.45) is 7.02. The normalized spacial score (nSPS) is 20.6. The van der Waals surface area contributed by atoms with E-state index in [1.54, 1.807) is 0 Å². The molecule has 0 aromatic carbocycles. The smallest absolute Gasteiger partial charge is 0.305 e. The second kappa shape index (κ2) is 10.4. The van der Waals surface area contributed by atoms with E-state index in [1.165, 1.54) is 26.4 Å². The van der Waals surface area contributed by atoms with E-state index in [0.717, 1.165) is 12.8 Å². The summed E-state index contributed by atoms with van der Waals surface area (Å²) in [4.78, 5) is 28.5. The fourth-order valence-corrected chi connectivity index (χ4v) is 3.13. The molecule has 0 atom stereocenters. The summed E-state index contributed by atoms with van der Waals surface area (Å²) in [6.45, 7) is 6.95. The first-order valence-electron chi connectivity index (χ1n) is 9.36. The fourth-order valence-electron chi connectivity index (χ4n) is 3.13. The minimum Gasteiger partial charge on any atom is -0.511 e. The van der Waals surface area contributed by atoms with Crippen LogP contribution in [0, 0.1) is 5.41 Å². The van der Waals surface area contributed by atoms with Crippen molar-refractivity contribution in [1.82, 2.24) is 0 Å².